The minimum atomic E-state index is 0.689. The first-order valence-electron chi connectivity index (χ1n) is 17.9. The number of hydrogen-bond acceptors (Lipinski definition) is 4. The molecule has 0 unspecified atom stereocenters. The lowest BCUT2D eigenvalue weighted by atomic mass is 9.92. The first-order valence-corrected chi connectivity index (χ1v) is 19.5. The Labute approximate surface area is 309 Å². The molecule has 0 bridgehead atoms. The van der Waals surface area contributed by atoms with E-state index in [1.54, 1.807) is 11.3 Å². The molecule has 0 aliphatic rings. The van der Waals surface area contributed by atoms with Crippen LogP contribution in [0.15, 0.2) is 152 Å². The SMILES string of the molecule is c1cc2ccc3cc(-c4nc(-n5c6ccccc6c6cc7c(ccc8sc9ccccc9c87)cc65)nc5c4sc4ccccc45)cc4ccc(c1)c2c34. The smallest absolute Gasteiger partial charge is 0.235 e. The van der Waals surface area contributed by atoms with E-state index >= 15 is 0 Å². The number of fused-ring (bicyclic) bond motifs is 11. The van der Waals surface area contributed by atoms with Gasteiger partial charge in [0, 0.05) is 46.6 Å². The van der Waals surface area contributed by atoms with Gasteiger partial charge in [0.15, 0.2) is 0 Å². The fourth-order valence-corrected chi connectivity index (χ4v) is 11.3. The normalized spacial score (nSPS) is 12.5. The topological polar surface area (TPSA) is 30.7 Å². The zero-order chi connectivity index (χ0) is 34.4. The van der Waals surface area contributed by atoms with E-state index in [0.29, 0.717) is 5.95 Å². The van der Waals surface area contributed by atoms with Gasteiger partial charge in [0.05, 0.1) is 26.9 Å². The Balaban J connectivity index is 1.14. The predicted molar refractivity (Wildman–Crippen MR) is 229 cm³/mol. The van der Waals surface area contributed by atoms with E-state index < -0.39 is 0 Å². The molecule has 0 saturated carbocycles. The van der Waals surface area contributed by atoms with Crippen LogP contribution in [0, 0.1) is 0 Å². The Morgan fingerprint density at radius 1 is 0.396 bits per heavy atom. The third kappa shape index (κ3) is 3.77. The predicted octanol–water partition coefficient (Wildman–Crippen LogP) is 14.0. The summed E-state index contributed by atoms with van der Waals surface area (Å²) in [5.41, 5.74) is 5.28. The van der Waals surface area contributed by atoms with Crippen LogP contribution in [0.4, 0.5) is 0 Å². The Hall–Kier alpha value is -6.40. The molecule has 0 spiro atoms. The van der Waals surface area contributed by atoms with Gasteiger partial charge in [0.25, 0.3) is 0 Å². The highest BCUT2D eigenvalue weighted by Gasteiger charge is 2.22. The molecule has 4 heterocycles. The molecular weight excluding hydrogens is 683 g/mol. The van der Waals surface area contributed by atoms with E-state index in [9.17, 15) is 0 Å². The van der Waals surface area contributed by atoms with Gasteiger partial charge in [0.1, 0.15) is 0 Å². The third-order valence-electron chi connectivity index (χ3n) is 11.3. The van der Waals surface area contributed by atoms with Crippen LogP contribution < -0.4 is 0 Å². The Morgan fingerprint density at radius 2 is 1.06 bits per heavy atom. The van der Waals surface area contributed by atoms with Crippen molar-refractivity contribution >= 4 is 128 Å². The molecule has 0 aliphatic heterocycles. The maximum absolute atomic E-state index is 5.57. The summed E-state index contributed by atoms with van der Waals surface area (Å²) in [4.78, 5) is 11.0. The quantitative estimate of drug-likeness (QED) is 0.168. The second kappa shape index (κ2) is 10.1. The monoisotopic (exact) mass is 707 g/mol. The van der Waals surface area contributed by atoms with Gasteiger partial charge in [-0.05, 0) is 91.6 Å². The van der Waals surface area contributed by atoms with Crippen LogP contribution in [0.3, 0.4) is 0 Å². The zero-order valence-corrected chi connectivity index (χ0v) is 29.7. The second-order valence-corrected chi connectivity index (χ2v) is 16.3. The molecule has 0 fully saturated rings. The lowest BCUT2D eigenvalue weighted by Gasteiger charge is -2.14. The van der Waals surface area contributed by atoms with Crippen molar-refractivity contribution in [1.82, 2.24) is 14.5 Å². The summed E-state index contributed by atoms with van der Waals surface area (Å²) in [6, 6.07) is 55.7. The zero-order valence-electron chi connectivity index (χ0n) is 28.1. The van der Waals surface area contributed by atoms with Crippen molar-refractivity contribution in [3.05, 3.63) is 152 Å². The summed E-state index contributed by atoms with van der Waals surface area (Å²) in [5, 5.41) is 16.4. The van der Waals surface area contributed by atoms with Crippen molar-refractivity contribution in [2.24, 2.45) is 0 Å². The van der Waals surface area contributed by atoms with Crippen LogP contribution in [0.25, 0.3) is 123 Å². The highest BCUT2D eigenvalue weighted by molar-refractivity contribution is 7.26. The van der Waals surface area contributed by atoms with Gasteiger partial charge < -0.3 is 0 Å². The number of benzene rings is 9. The van der Waals surface area contributed by atoms with Gasteiger partial charge in [-0.1, -0.05) is 103 Å². The molecule has 0 N–H and O–H groups in total. The number of rotatable bonds is 2. The number of hydrogen-bond donors (Lipinski definition) is 0. The lowest BCUT2D eigenvalue weighted by Crippen LogP contribution is -2.02. The van der Waals surface area contributed by atoms with Gasteiger partial charge in [-0.2, -0.15) is 0 Å². The van der Waals surface area contributed by atoms with Gasteiger partial charge in [-0.25, -0.2) is 9.97 Å². The molecule has 9 aromatic carbocycles. The highest BCUT2D eigenvalue weighted by Crippen LogP contribution is 2.45. The van der Waals surface area contributed by atoms with Crippen molar-refractivity contribution < 1.29 is 0 Å². The van der Waals surface area contributed by atoms with E-state index in [1.807, 2.05) is 11.3 Å². The molecule has 5 heteroatoms. The minimum Gasteiger partial charge on any atom is -0.278 e. The van der Waals surface area contributed by atoms with Crippen molar-refractivity contribution in [2.45, 2.75) is 0 Å². The van der Waals surface area contributed by atoms with Crippen LogP contribution in [0.2, 0.25) is 0 Å². The van der Waals surface area contributed by atoms with Gasteiger partial charge >= 0.3 is 0 Å². The summed E-state index contributed by atoms with van der Waals surface area (Å²) in [5.74, 6) is 0.689. The standard InChI is InChI=1S/C48H25N3S2/c1-4-13-37-32(10-1)36-25-35-28(20-21-41-44(35)33-11-2-5-14-39(33)52-41)24-38(36)51(37)48-49-45(47-46(50-48)34-12-3-6-15-40(34)53-47)31-22-29-18-16-26-8-7-9-27-17-19-30(23-31)43(29)42(26)27/h1-25H. The molecule has 4 aromatic heterocycles. The van der Waals surface area contributed by atoms with E-state index in [4.69, 9.17) is 9.97 Å². The molecule has 0 amide bonds. The van der Waals surface area contributed by atoms with E-state index in [1.165, 1.54) is 78.7 Å². The molecular formula is C48H25N3S2. The van der Waals surface area contributed by atoms with E-state index in [0.717, 1.165) is 37.9 Å². The molecule has 0 aliphatic carbocycles. The molecule has 13 aromatic rings. The van der Waals surface area contributed by atoms with E-state index in [2.05, 4.69) is 156 Å². The molecule has 0 atom stereocenters. The van der Waals surface area contributed by atoms with Crippen molar-refractivity contribution in [1.29, 1.82) is 0 Å². The fraction of sp³-hybridized carbons (Fsp3) is 0. The summed E-state index contributed by atoms with van der Waals surface area (Å²) < 4.78 is 7.26. The second-order valence-electron chi connectivity index (χ2n) is 14.1. The van der Waals surface area contributed by atoms with Gasteiger partial charge in [0.2, 0.25) is 5.95 Å². The molecule has 244 valence electrons. The summed E-state index contributed by atoms with van der Waals surface area (Å²) in [7, 11) is 0. The lowest BCUT2D eigenvalue weighted by molar-refractivity contribution is 1.02. The number of para-hydroxylation sites is 1. The van der Waals surface area contributed by atoms with Crippen LogP contribution in [-0.2, 0) is 0 Å². The van der Waals surface area contributed by atoms with Crippen LogP contribution >= 0.6 is 22.7 Å². The maximum Gasteiger partial charge on any atom is 0.235 e. The Morgan fingerprint density at radius 3 is 1.87 bits per heavy atom. The molecule has 13 rings (SSSR count). The van der Waals surface area contributed by atoms with Crippen LogP contribution in [-0.4, -0.2) is 14.5 Å². The van der Waals surface area contributed by atoms with Crippen molar-refractivity contribution in [3.63, 3.8) is 0 Å². The molecule has 0 radical (unpaired) electrons. The summed E-state index contributed by atoms with van der Waals surface area (Å²) in [6.07, 6.45) is 0. The Bertz CT molecular complexity index is 3630. The fourth-order valence-electron chi connectivity index (χ4n) is 8.99. The molecule has 3 nitrogen and oxygen atoms in total. The van der Waals surface area contributed by atoms with Crippen molar-refractivity contribution in [3.8, 4) is 17.2 Å². The Kier molecular flexibility index (Phi) is 5.40. The number of nitrogens with zero attached hydrogens (tertiary/aromatic N) is 3. The van der Waals surface area contributed by atoms with Crippen molar-refractivity contribution in [2.75, 3.05) is 0 Å². The van der Waals surface area contributed by atoms with Crippen LogP contribution in [0.1, 0.15) is 0 Å². The average molecular weight is 708 g/mol. The molecule has 0 saturated heterocycles. The van der Waals surface area contributed by atoms with Gasteiger partial charge in [-0.15, -0.1) is 22.7 Å². The molecule has 53 heavy (non-hydrogen) atoms. The average Bonchev–Trinajstić information content (AvgIpc) is 3.88. The number of thiophene rings is 2. The largest absolute Gasteiger partial charge is 0.278 e. The van der Waals surface area contributed by atoms with Gasteiger partial charge in [-0.3, -0.25) is 4.57 Å². The summed E-state index contributed by atoms with van der Waals surface area (Å²) in [6.45, 7) is 0. The van der Waals surface area contributed by atoms with E-state index in [-0.39, 0.29) is 0 Å². The first kappa shape index (κ1) is 28.2. The first-order chi connectivity index (χ1) is 26.2. The number of aromatic nitrogens is 3. The summed E-state index contributed by atoms with van der Waals surface area (Å²) >= 11 is 3.65. The minimum absolute atomic E-state index is 0.689. The highest BCUT2D eigenvalue weighted by atomic mass is 32.1. The third-order valence-corrected chi connectivity index (χ3v) is 13.6. The maximum atomic E-state index is 5.57. The van der Waals surface area contributed by atoms with Crippen LogP contribution in [0.5, 0.6) is 0 Å².